The molecular weight excluding hydrogens is 453 g/mol. The van der Waals surface area contributed by atoms with Crippen LogP contribution in [-0.2, 0) is 16.4 Å². The summed E-state index contributed by atoms with van der Waals surface area (Å²) in [5.41, 5.74) is 2.84. The summed E-state index contributed by atoms with van der Waals surface area (Å²) in [6, 6.07) is 19.6. The zero-order valence-electron chi connectivity index (χ0n) is 19.2. The van der Waals surface area contributed by atoms with Gasteiger partial charge in [0, 0.05) is 18.7 Å². The zero-order valence-corrected chi connectivity index (χ0v) is 20.1. The second kappa shape index (κ2) is 9.95. The average Bonchev–Trinajstić information content (AvgIpc) is 2.83. The van der Waals surface area contributed by atoms with Crippen LogP contribution >= 0.6 is 0 Å². The minimum absolute atomic E-state index is 0.145. The van der Waals surface area contributed by atoms with Gasteiger partial charge in [0.2, 0.25) is 0 Å². The van der Waals surface area contributed by atoms with E-state index in [0.29, 0.717) is 17.8 Å². The molecule has 1 heterocycles. The molecule has 1 amide bonds. The summed E-state index contributed by atoms with van der Waals surface area (Å²) in [5, 5.41) is 2.87. The summed E-state index contributed by atoms with van der Waals surface area (Å²) in [7, 11) is -0.0131. The molecule has 0 saturated heterocycles. The van der Waals surface area contributed by atoms with Crippen LogP contribution in [0, 0.1) is 5.82 Å². The molecule has 0 bridgehead atoms. The molecule has 0 fully saturated rings. The van der Waals surface area contributed by atoms with Crippen molar-refractivity contribution in [1.82, 2.24) is 10.2 Å². The summed E-state index contributed by atoms with van der Waals surface area (Å²) < 4.78 is 41.7. The standard InChI is InChI=1S/C26H28FN3O3S/c1-29(2)25(21-8-5-10-22(27)17-21)18-28-26(31)20-12-14-23(15-13-20)34(32,33)30-16-6-9-19-7-3-4-11-24(19)30/h3-5,7-8,10-15,17,25H,6,9,16,18H2,1-2H3,(H,28,31)/t25-/m0/s1. The Morgan fingerprint density at radius 3 is 2.50 bits per heavy atom. The van der Waals surface area contributed by atoms with Gasteiger partial charge in [-0.25, -0.2) is 12.8 Å². The van der Waals surface area contributed by atoms with Crippen LogP contribution in [0.1, 0.15) is 33.9 Å². The number of nitrogens with zero attached hydrogens (tertiary/aromatic N) is 2. The number of hydrogen-bond acceptors (Lipinski definition) is 4. The molecule has 34 heavy (non-hydrogen) atoms. The first-order valence-electron chi connectivity index (χ1n) is 11.2. The molecule has 6 nitrogen and oxygen atoms in total. The number of para-hydroxylation sites is 1. The van der Waals surface area contributed by atoms with E-state index < -0.39 is 10.0 Å². The minimum Gasteiger partial charge on any atom is -0.350 e. The van der Waals surface area contributed by atoms with Crippen LogP contribution in [0.25, 0.3) is 0 Å². The normalized spacial score (nSPS) is 14.5. The highest BCUT2D eigenvalue weighted by Crippen LogP contribution is 2.31. The number of hydrogen-bond donors (Lipinski definition) is 1. The lowest BCUT2D eigenvalue weighted by atomic mass is 10.0. The molecule has 0 unspecified atom stereocenters. The van der Waals surface area contributed by atoms with Gasteiger partial charge in [-0.05, 0) is 80.5 Å². The number of rotatable bonds is 7. The van der Waals surface area contributed by atoms with Crippen molar-refractivity contribution in [3.05, 3.63) is 95.3 Å². The minimum atomic E-state index is -3.74. The second-order valence-corrected chi connectivity index (χ2v) is 10.4. The topological polar surface area (TPSA) is 69.7 Å². The number of nitrogens with one attached hydrogen (secondary N) is 1. The van der Waals surface area contributed by atoms with Crippen molar-refractivity contribution in [2.45, 2.75) is 23.8 Å². The molecule has 178 valence electrons. The summed E-state index contributed by atoms with van der Waals surface area (Å²) in [6.07, 6.45) is 1.61. The fourth-order valence-corrected chi connectivity index (χ4v) is 5.80. The van der Waals surface area contributed by atoms with Crippen LogP contribution in [0.5, 0.6) is 0 Å². The van der Waals surface area contributed by atoms with Crippen molar-refractivity contribution in [3.63, 3.8) is 0 Å². The van der Waals surface area contributed by atoms with Gasteiger partial charge in [0.15, 0.2) is 0 Å². The lowest BCUT2D eigenvalue weighted by Crippen LogP contribution is -2.35. The highest BCUT2D eigenvalue weighted by atomic mass is 32.2. The molecule has 1 N–H and O–H groups in total. The van der Waals surface area contributed by atoms with E-state index in [0.717, 1.165) is 24.0 Å². The molecule has 4 rings (SSSR count). The number of sulfonamides is 1. The summed E-state index contributed by atoms with van der Waals surface area (Å²) in [4.78, 5) is 14.8. The Kier molecular flexibility index (Phi) is 7.00. The van der Waals surface area contributed by atoms with Crippen LogP contribution in [-0.4, -0.2) is 46.4 Å². The Labute approximate surface area is 200 Å². The van der Waals surface area contributed by atoms with Crippen LogP contribution in [0.4, 0.5) is 10.1 Å². The van der Waals surface area contributed by atoms with Crippen LogP contribution in [0.15, 0.2) is 77.7 Å². The zero-order chi connectivity index (χ0) is 24.3. The number of fused-ring (bicyclic) bond motifs is 1. The molecule has 0 aromatic heterocycles. The first-order valence-corrected chi connectivity index (χ1v) is 12.6. The van der Waals surface area contributed by atoms with Crippen LogP contribution in [0.3, 0.4) is 0 Å². The van der Waals surface area contributed by atoms with E-state index >= 15 is 0 Å². The van der Waals surface area contributed by atoms with E-state index in [4.69, 9.17) is 0 Å². The van der Waals surface area contributed by atoms with E-state index in [1.165, 1.54) is 40.7 Å². The lowest BCUT2D eigenvalue weighted by molar-refractivity contribution is 0.0942. The van der Waals surface area contributed by atoms with E-state index in [-0.39, 0.29) is 29.2 Å². The number of halogens is 1. The highest BCUT2D eigenvalue weighted by molar-refractivity contribution is 7.92. The molecule has 1 aliphatic rings. The number of amides is 1. The van der Waals surface area contributed by atoms with Gasteiger partial charge < -0.3 is 10.2 Å². The summed E-state index contributed by atoms with van der Waals surface area (Å²) in [6.45, 7) is 0.702. The maximum atomic E-state index is 13.6. The molecule has 3 aromatic rings. The number of carbonyl (C=O) groups is 1. The number of benzene rings is 3. The van der Waals surface area contributed by atoms with Gasteiger partial charge in [0.1, 0.15) is 5.82 Å². The van der Waals surface area contributed by atoms with E-state index in [9.17, 15) is 17.6 Å². The number of anilines is 1. The highest BCUT2D eigenvalue weighted by Gasteiger charge is 2.29. The van der Waals surface area contributed by atoms with Crippen molar-refractivity contribution < 1.29 is 17.6 Å². The summed E-state index contributed by atoms with van der Waals surface area (Å²) >= 11 is 0. The molecular formula is C26H28FN3O3S. The average molecular weight is 482 g/mol. The Balaban J connectivity index is 1.47. The van der Waals surface area contributed by atoms with Gasteiger partial charge in [-0.15, -0.1) is 0 Å². The summed E-state index contributed by atoms with van der Waals surface area (Å²) in [5.74, 6) is -0.653. The van der Waals surface area contributed by atoms with E-state index in [1.807, 2.05) is 49.3 Å². The number of aryl methyl sites for hydroxylation is 1. The van der Waals surface area contributed by atoms with Crippen molar-refractivity contribution in [2.24, 2.45) is 0 Å². The third kappa shape index (κ3) is 4.98. The first-order chi connectivity index (χ1) is 16.3. The van der Waals surface area contributed by atoms with Gasteiger partial charge in [-0.3, -0.25) is 9.10 Å². The quantitative estimate of drug-likeness (QED) is 0.554. The molecule has 0 saturated carbocycles. The molecule has 3 aromatic carbocycles. The number of likely N-dealkylation sites (N-methyl/N-ethyl adjacent to an activating group) is 1. The van der Waals surface area contributed by atoms with Gasteiger partial charge in [0.25, 0.3) is 15.9 Å². The molecule has 0 radical (unpaired) electrons. The largest absolute Gasteiger partial charge is 0.350 e. The third-order valence-electron chi connectivity index (χ3n) is 6.08. The number of carbonyl (C=O) groups excluding carboxylic acids is 1. The van der Waals surface area contributed by atoms with Gasteiger partial charge >= 0.3 is 0 Å². The lowest BCUT2D eigenvalue weighted by Gasteiger charge is -2.30. The molecule has 0 aliphatic carbocycles. The first kappa shape index (κ1) is 23.9. The Bertz CT molecular complexity index is 1280. The van der Waals surface area contributed by atoms with E-state index in [2.05, 4.69) is 5.32 Å². The molecule has 1 atom stereocenters. The van der Waals surface area contributed by atoms with Crippen molar-refractivity contribution in [3.8, 4) is 0 Å². The second-order valence-electron chi connectivity index (χ2n) is 8.58. The van der Waals surface area contributed by atoms with Gasteiger partial charge in [-0.1, -0.05) is 30.3 Å². The van der Waals surface area contributed by atoms with Gasteiger partial charge in [0.05, 0.1) is 16.6 Å². The van der Waals surface area contributed by atoms with Crippen molar-refractivity contribution >= 4 is 21.6 Å². The maximum absolute atomic E-state index is 13.6. The molecule has 0 spiro atoms. The maximum Gasteiger partial charge on any atom is 0.264 e. The van der Waals surface area contributed by atoms with Crippen LogP contribution in [0.2, 0.25) is 0 Å². The van der Waals surface area contributed by atoms with Gasteiger partial charge in [-0.2, -0.15) is 0 Å². The van der Waals surface area contributed by atoms with E-state index in [1.54, 1.807) is 6.07 Å². The third-order valence-corrected chi connectivity index (χ3v) is 7.91. The predicted molar refractivity (Wildman–Crippen MR) is 131 cm³/mol. The Hall–Kier alpha value is -3.23. The smallest absolute Gasteiger partial charge is 0.264 e. The Morgan fingerprint density at radius 1 is 1.06 bits per heavy atom. The van der Waals surface area contributed by atoms with Crippen molar-refractivity contribution in [2.75, 3.05) is 31.5 Å². The van der Waals surface area contributed by atoms with Crippen molar-refractivity contribution in [1.29, 1.82) is 0 Å². The predicted octanol–water partition coefficient (Wildman–Crippen LogP) is 4.00. The fraction of sp³-hybridized carbons (Fsp3) is 0.269. The Morgan fingerprint density at radius 2 is 1.79 bits per heavy atom. The molecule has 1 aliphatic heterocycles. The monoisotopic (exact) mass is 481 g/mol. The molecule has 8 heteroatoms. The fourth-order valence-electron chi connectivity index (χ4n) is 4.26. The van der Waals surface area contributed by atoms with Crippen LogP contribution < -0.4 is 9.62 Å². The SMILES string of the molecule is CN(C)[C@@H](CNC(=O)c1ccc(S(=O)(=O)N2CCCc3ccccc32)cc1)c1cccc(F)c1.